The molecule has 1 unspecified atom stereocenters. The fourth-order valence-electron chi connectivity index (χ4n) is 4.47. The van der Waals surface area contributed by atoms with Gasteiger partial charge in [0, 0.05) is 17.4 Å². The lowest BCUT2D eigenvalue weighted by Gasteiger charge is -2.36. The molecule has 0 aliphatic carbocycles. The summed E-state index contributed by atoms with van der Waals surface area (Å²) in [4.78, 5) is 12.3. The lowest BCUT2D eigenvalue weighted by atomic mass is 9.84. The molecule has 39 heavy (non-hydrogen) atoms. The van der Waals surface area contributed by atoms with Gasteiger partial charge in [-0.05, 0) is 22.8 Å². The van der Waals surface area contributed by atoms with Crippen molar-refractivity contribution in [3.8, 4) is 0 Å². The van der Waals surface area contributed by atoms with E-state index in [0.29, 0.717) is 18.2 Å². The van der Waals surface area contributed by atoms with E-state index in [4.69, 9.17) is 0 Å². The Bertz CT molecular complexity index is 1290. The van der Waals surface area contributed by atoms with E-state index >= 15 is 0 Å². The fourth-order valence-corrected chi connectivity index (χ4v) is 6.03. The van der Waals surface area contributed by atoms with Crippen LogP contribution in [-0.4, -0.2) is 29.0 Å². The SMILES string of the molecule is O=C(O)C(CSC(c1ccccc1)(c1ccccc1)c1ccccc1)N[C@H](c1ccc(F)cc1F)C(F)(F)F. The Morgan fingerprint density at radius 3 is 1.62 bits per heavy atom. The molecule has 2 atom stereocenters. The van der Waals surface area contributed by atoms with E-state index in [1.807, 2.05) is 91.0 Å². The Morgan fingerprint density at radius 1 is 0.769 bits per heavy atom. The molecule has 0 aromatic heterocycles. The summed E-state index contributed by atoms with van der Waals surface area (Å²) in [5.74, 6) is -4.32. The summed E-state index contributed by atoms with van der Waals surface area (Å²) in [6.07, 6.45) is -5.05. The minimum atomic E-state index is -5.05. The maximum Gasteiger partial charge on any atom is 0.408 e. The zero-order valence-corrected chi connectivity index (χ0v) is 21.2. The van der Waals surface area contributed by atoms with Crippen LogP contribution in [0.25, 0.3) is 0 Å². The largest absolute Gasteiger partial charge is 0.480 e. The van der Waals surface area contributed by atoms with Gasteiger partial charge in [0.25, 0.3) is 0 Å². The van der Waals surface area contributed by atoms with Crippen molar-refractivity contribution in [3.63, 3.8) is 0 Å². The Labute approximate surface area is 226 Å². The van der Waals surface area contributed by atoms with Gasteiger partial charge in [-0.25, -0.2) is 8.78 Å². The summed E-state index contributed by atoms with van der Waals surface area (Å²) in [7, 11) is 0. The lowest BCUT2D eigenvalue weighted by Crippen LogP contribution is -2.47. The molecule has 202 valence electrons. The van der Waals surface area contributed by atoms with Gasteiger partial charge in [0.1, 0.15) is 23.7 Å². The molecule has 0 aliphatic heterocycles. The van der Waals surface area contributed by atoms with Gasteiger partial charge in [-0.15, -0.1) is 11.8 Å². The monoisotopic (exact) mass is 557 g/mol. The standard InChI is InChI=1S/C30H24F5NO2S/c31-23-16-17-24(25(32)18-23)27(30(33,34)35)36-26(28(37)38)19-39-29(20-10-4-1-5-11-20,21-12-6-2-7-13-21)22-14-8-3-9-15-22/h1-18,26-27,36H,19H2,(H,37,38)/t26?,27-/m1/s1. The number of hydrogen-bond acceptors (Lipinski definition) is 3. The molecule has 0 saturated heterocycles. The minimum absolute atomic E-state index is 0.316. The molecule has 0 heterocycles. The second-order valence-electron chi connectivity index (χ2n) is 8.79. The van der Waals surface area contributed by atoms with Crippen molar-refractivity contribution in [2.45, 2.75) is 23.0 Å². The number of aliphatic carboxylic acids is 1. The van der Waals surface area contributed by atoms with Crippen molar-refractivity contribution < 1.29 is 31.9 Å². The molecule has 0 amide bonds. The van der Waals surface area contributed by atoms with Crippen molar-refractivity contribution in [2.24, 2.45) is 0 Å². The number of carboxylic acids is 1. The molecule has 2 N–H and O–H groups in total. The van der Waals surface area contributed by atoms with Gasteiger partial charge in [-0.2, -0.15) is 13.2 Å². The first-order chi connectivity index (χ1) is 18.6. The van der Waals surface area contributed by atoms with Crippen LogP contribution in [0.5, 0.6) is 0 Å². The highest BCUT2D eigenvalue weighted by molar-refractivity contribution is 8.00. The molecule has 0 spiro atoms. The number of benzene rings is 4. The van der Waals surface area contributed by atoms with E-state index in [1.54, 1.807) is 0 Å². The van der Waals surface area contributed by atoms with Crippen molar-refractivity contribution in [1.29, 1.82) is 0 Å². The van der Waals surface area contributed by atoms with Crippen LogP contribution in [-0.2, 0) is 9.54 Å². The Hall–Kier alpha value is -3.69. The van der Waals surface area contributed by atoms with E-state index in [1.165, 1.54) is 0 Å². The number of thioether (sulfide) groups is 1. The number of nitrogens with one attached hydrogen (secondary N) is 1. The highest BCUT2D eigenvalue weighted by Gasteiger charge is 2.45. The Balaban J connectivity index is 1.77. The molecule has 0 saturated carbocycles. The summed E-state index contributed by atoms with van der Waals surface area (Å²) in [6.45, 7) is 0. The van der Waals surface area contributed by atoms with Crippen LogP contribution in [0.2, 0.25) is 0 Å². The predicted molar refractivity (Wildman–Crippen MR) is 141 cm³/mol. The molecule has 4 aromatic carbocycles. The molecule has 9 heteroatoms. The number of rotatable bonds is 10. The molecule has 3 nitrogen and oxygen atoms in total. The molecule has 0 fully saturated rings. The number of halogens is 5. The van der Waals surface area contributed by atoms with Crippen LogP contribution in [0.3, 0.4) is 0 Å². The second-order valence-corrected chi connectivity index (χ2v) is 10.0. The van der Waals surface area contributed by atoms with Crippen molar-refractivity contribution in [3.05, 3.63) is 143 Å². The van der Waals surface area contributed by atoms with Gasteiger partial charge in [-0.1, -0.05) is 97.1 Å². The van der Waals surface area contributed by atoms with Crippen LogP contribution in [0.4, 0.5) is 22.0 Å². The quantitative estimate of drug-likeness (QED) is 0.158. The third-order valence-electron chi connectivity index (χ3n) is 6.27. The number of alkyl halides is 3. The molecule has 0 aliphatic rings. The third kappa shape index (κ3) is 6.32. The van der Waals surface area contributed by atoms with Crippen molar-refractivity contribution in [1.82, 2.24) is 5.32 Å². The first-order valence-electron chi connectivity index (χ1n) is 11.9. The predicted octanol–water partition coefficient (Wildman–Crippen LogP) is 7.34. The average molecular weight is 558 g/mol. The number of carboxylic acid groups (broad SMARTS) is 1. The van der Waals surface area contributed by atoms with Gasteiger partial charge >= 0.3 is 12.1 Å². The first-order valence-corrected chi connectivity index (χ1v) is 12.9. The highest BCUT2D eigenvalue weighted by atomic mass is 32.2. The van der Waals surface area contributed by atoms with E-state index in [-0.39, 0.29) is 5.75 Å². The van der Waals surface area contributed by atoms with Crippen LogP contribution in [0.15, 0.2) is 109 Å². The molecule has 4 aromatic rings. The van der Waals surface area contributed by atoms with Crippen molar-refractivity contribution in [2.75, 3.05) is 5.75 Å². The molecular weight excluding hydrogens is 533 g/mol. The van der Waals surface area contributed by atoms with E-state index < -0.39 is 46.2 Å². The second kappa shape index (κ2) is 12.0. The Morgan fingerprint density at radius 2 is 1.23 bits per heavy atom. The highest BCUT2D eigenvalue weighted by Crippen LogP contribution is 2.49. The number of carbonyl (C=O) groups is 1. The van der Waals surface area contributed by atoms with E-state index in [9.17, 15) is 31.9 Å². The summed E-state index contributed by atoms with van der Waals surface area (Å²) in [5, 5.41) is 12.0. The van der Waals surface area contributed by atoms with Crippen LogP contribution in [0, 0.1) is 11.6 Å². The van der Waals surface area contributed by atoms with E-state index in [2.05, 4.69) is 5.32 Å². The summed E-state index contributed by atoms with van der Waals surface area (Å²) >= 11 is 1.15. The van der Waals surface area contributed by atoms with Gasteiger partial charge < -0.3 is 5.11 Å². The zero-order valence-electron chi connectivity index (χ0n) is 20.4. The number of hydrogen-bond donors (Lipinski definition) is 2. The molecule has 4 rings (SSSR count). The summed E-state index contributed by atoms with van der Waals surface area (Å²) < 4.78 is 69.0. The van der Waals surface area contributed by atoms with Gasteiger partial charge in [0.05, 0.1) is 4.75 Å². The Kier molecular flexibility index (Phi) is 8.72. The molecule has 0 bridgehead atoms. The van der Waals surface area contributed by atoms with Crippen LogP contribution >= 0.6 is 11.8 Å². The van der Waals surface area contributed by atoms with Crippen LogP contribution < -0.4 is 5.32 Å². The normalized spacial score (nSPS) is 13.6. The van der Waals surface area contributed by atoms with Gasteiger partial charge in [0.2, 0.25) is 0 Å². The molecular formula is C30H24F5NO2S. The summed E-state index contributed by atoms with van der Waals surface area (Å²) in [6, 6.07) is 25.1. The van der Waals surface area contributed by atoms with Gasteiger partial charge in [0.15, 0.2) is 0 Å². The van der Waals surface area contributed by atoms with Crippen molar-refractivity contribution >= 4 is 17.7 Å². The first kappa shape index (κ1) is 28.3. The minimum Gasteiger partial charge on any atom is -0.480 e. The maximum absolute atomic E-state index is 14.4. The molecule has 0 radical (unpaired) electrons. The summed E-state index contributed by atoms with van der Waals surface area (Å²) in [5.41, 5.74) is 1.51. The maximum atomic E-state index is 14.4. The van der Waals surface area contributed by atoms with E-state index in [0.717, 1.165) is 28.5 Å². The topological polar surface area (TPSA) is 49.3 Å². The smallest absolute Gasteiger partial charge is 0.408 e. The fraction of sp³-hybridized carbons (Fsp3) is 0.167. The van der Waals surface area contributed by atoms with Gasteiger partial charge in [-0.3, -0.25) is 10.1 Å². The average Bonchev–Trinajstić information content (AvgIpc) is 2.92. The zero-order chi connectivity index (χ0) is 28.0. The lowest BCUT2D eigenvalue weighted by molar-refractivity contribution is -0.163. The third-order valence-corrected chi connectivity index (χ3v) is 7.91. The van der Waals surface area contributed by atoms with Crippen LogP contribution in [0.1, 0.15) is 28.3 Å².